The van der Waals surface area contributed by atoms with E-state index in [4.69, 9.17) is 14.6 Å². The van der Waals surface area contributed by atoms with Crippen LogP contribution in [-0.4, -0.2) is 23.6 Å². The molecule has 1 fully saturated rings. The minimum atomic E-state index is -0.857. The van der Waals surface area contributed by atoms with Crippen LogP contribution in [0.2, 0.25) is 0 Å². The molecule has 0 radical (unpaired) electrons. The number of benzene rings is 3. The van der Waals surface area contributed by atoms with Gasteiger partial charge in [-0.3, -0.25) is 9.59 Å². The number of anilines is 1. The van der Waals surface area contributed by atoms with Crippen molar-refractivity contribution >= 4 is 17.6 Å². The molecule has 7 nitrogen and oxygen atoms in total. The molecule has 194 valence electrons. The van der Waals surface area contributed by atoms with E-state index in [0.717, 1.165) is 34.6 Å². The van der Waals surface area contributed by atoms with Crippen molar-refractivity contribution in [1.29, 1.82) is 5.26 Å². The Balaban J connectivity index is 1.33. The van der Waals surface area contributed by atoms with Gasteiger partial charge < -0.3 is 19.9 Å². The van der Waals surface area contributed by atoms with Crippen LogP contribution in [0.1, 0.15) is 48.4 Å². The number of aliphatic carboxylic acids is 1. The summed E-state index contributed by atoms with van der Waals surface area (Å²) in [4.78, 5) is 24.5. The van der Waals surface area contributed by atoms with E-state index in [9.17, 15) is 14.9 Å². The van der Waals surface area contributed by atoms with Crippen molar-refractivity contribution in [2.24, 2.45) is 11.8 Å². The zero-order chi connectivity index (χ0) is 26.7. The number of ether oxygens (including phenoxy) is 2. The van der Waals surface area contributed by atoms with E-state index in [2.05, 4.69) is 18.3 Å². The molecule has 38 heavy (non-hydrogen) atoms. The first kappa shape index (κ1) is 25.3. The van der Waals surface area contributed by atoms with Gasteiger partial charge in [0.05, 0.1) is 24.2 Å². The molecular weight excluding hydrogens is 480 g/mol. The predicted molar refractivity (Wildman–Crippen MR) is 142 cm³/mol. The van der Waals surface area contributed by atoms with Crippen LogP contribution in [0, 0.1) is 23.2 Å². The molecule has 7 heteroatoms. The van der Waals surface area contributed by atoms with E-state index in [0.29, 0.717) is 37.3 Å². The van der Waals surface area contributed by atoms with Gasteiger partial charge in [0.25, 0.3) is 0 Å². The molecular formula is C31H30N2O5. The second-order valence-electron chi connectivity index (χ2n) is 10.1. The number of hydrogen-bond donors (Lipinski definition) is 2. The summed E-state index contributed by atoms with van der Waals surface area (Å²) >= 11 is 0. The first-order valence-corrected chi connectivity index (χ1v) is 12.9. The third kappa shape index (κ3) is 4.95. The Labute approximate surface area is 222 Å². The Morgan fingerprint density at radius 2 is 1.97 bits per heavy atom. The molecule has 0 bridgehead atoms. The van der Waals surface area contributed by atoms with Gasteiger partial charge in [0.15, 0.2) is 0 Å². The third-order valence-corrected chi connectivity index (χ3v) is 7.85. The molecule has 3 aromatic rings. The van der Waals surface area contributed by atoms with Crippen molar-refractivity contribution in [2.45, 2.75) is 44.6 Å². The molecule has 3 aromatic carbocycles. The van der Waals surface area contributed by atoms with E-state index >= 15 is 0 Å². The lowest BCUT2D eigenvalue weighted by Gasteiger charge is -2.28. The normalized spacial score (nSPS) is 21.1. The van der Waals surface area contributed by atoms with Gasteiger partial charge >= 0.3 is 5.97 Å². The number of carboxylic acid groups (broad SMARTS) is 1. The summed E-state index contributed by atoms with van der Waals surface area (Å²) in [5, 5.41) is 21.4. The van der Waals surface area contributed by atoms with Gasteiger partial charge in [0.1, 0.15) is 18.1 Å². The fourth-order valence-electron chi connectivity index (χ4n) is 5.81. The van der Waals surface area contributed by atoms with Gasteiger partial charge in [-0.15, -0.1) is 0 Å². The van der Waals surface area contributed by atoms with Gasteiger partial charge in [-0.1, -0.05) is 49.4 Å². The number of nitrogens with zero attached hydrogens (tertiary/aromatic N) is 1. The molecule has 3 atom stereocenters. The predicted octanol–water partition coefficient (Wildman–Crippen LogP) is 5.47. The maximum Gasteiger partial charge on any atom is 0.303 e. The number of aryl methyl sites for hydroxylation is 1. The van der Waals surface area contributed by atoms with Crippen LogP contribution in [0.15, 0.2) is 66.7 Å². The quantitative estimate of drug-likeness (QED) is 0.395. The van der Waals surface area contributed by atoms with Crippen molar-refractivity contribution in [3.63, 3.8) is 0 Å². The Hall–Kier alpha value is -4.31. The molecule has 1 aliphatic heterocycles. The molecule has 3 unspecified atom stereocenters. The first-order valence-electron chi connectivity index (χ1n) is 12.9. The zero-order valence-electron chi connectivity index (χ0n) is 21.3. The summed E-state index contributed by atoms with van der Waals surface area (Å²) in [7, 11) is 0. The Kier molecular flexibility index (Phi) is 7.06. The van der Waals surface area contributed by atoms with E-state index in [1.165, 1.54) is 0 Å². The average Bonchev–Trinajstić information content (AvgIpc) is 3.51. The number of carboxylic acids is 1. The summed E-state index contributed by atoms with van der Waals surface area (Å²) in [5.41, 5.74) is 3.64. The number of carbonyl (C=O) groups excluding carboxylic acids is 1. The van der Waals surface area contributed by atoms with Gasteiger partial charge in [0.2, 0.25) is 5.91 Å². The monoisotopic (exact) mass is 510 g/mol. The highest BCUT2D eigenvalue weighted by atomic mass is 16.5. The second kappa shape index (κ2) is 10.6. The molecule has 0 aromatic heterocycles. The van der Waals surface area contributed by atoms with E-state index in [1.54, 1.807) is 18.2 Å². The van der Waals surface area contributed by atoms with Crippen molar-refractivity contribution < 1.29 is 24.2 Å². The van der Waals surface area contributed by atoms with Gasteiger partial charge in [-0.2, -0.15) is 5.26 Å². The fraction of sp³-hybridized carbons (Fsp3) is 0.323. The van der Waals surface area contributed by atoms with Crippen molar-refractivity contribution in [2.75, 3.05) is 11.9 Å². The number of nitrogens with one attached hydrogen (secondary N) is 1. The smallest absolute Gasteiger partial charge is 0.303 e. The van der Waals surface area contributed by atoms with Crippen LogP contribution in [-0.2, 0) is 28.0 Å². The highest BCUT2D eigenvalue weighted by Crippen LogP contribution is 2.65. The lowest BCUT2D eigenvalue weighted by atomic mass is 9.86. The van der Waals surface area contributed by atoms with Crippen LogP contribution < -0.4 is 14.8 Å². The Morgan fingerprint density at radius 3 is 2.74 bits per heavy atom. The molecule has 5 rings (SSSR count). The summed E-state index contributed by atoms with van der Waals surface area (Å²) in [6, 6.07) is 23.1. The molecule has 1 heterocycles. The average molecular weight is 511 g/mol. The molecule has 2 aliphatic rings. The SMILES string of the molecule is CC1C(C(=O)Nc2cc(C#N)ccc2CCCC(=O)O)C12CCOc1cc(OCc3ccccc3)ccc12. The van der Waals surface area contributed by atoms with Crippen LogP contribution in [0.5, 0.6) is 11.5 Å². The molecule has 2 N–H and O–H groups in total. The Morgan fingerprint density at radius 1 is 1.16 bits per heavy atom. The van der Waals surface area contributed by atoms with E-state index in [-0.39, 0.29) is 29.6 Å². The highest BCUT2D eigenvalue weighted by Gasteiger charge is 2.67. The van der Waals surface area contributed by atoms with Crippen LogP contribution >= 0.6 is 0 Å². The van der Waals surface area contributed by atoms with Crippen LogP contribution in [0.4, 0.5) is 5.69 Å². The largest absolute Gasteiger partial charge is 0.493 e. The minimum absolute atomic E-state index is 0.0456. The summed E-state index contributed by atoms with van der Waals surface area (Å²) < 4.78 is 12.0. The van der Waals surface area contributed by atoms with Crippen molar-refractivity contribution in [3.8, 4) is 17.6 Å². The number of rotatable bonds is 9. The van der Waals surface area contributed by atoms with Gasteiger partial charge in [-0.25, -0.2) is 0 Å². The molecule has 1 spiro atoms. The standard InChI is InChI=1S/C31H30N2O5/c1-20-29(30(36)33-26-16-22(18-32)10-11-23(26)8-5-9-28(34)35)31(20)14-15-37-27-17-24(12-13-25(27)31)38-19-21-6-3-2-4-7-21/h2-4,6-7,10-13,16-17,20,29H,5,8-9,14-15,19H2,1H3,(H,33,36)(H,34,35). The maximum absolute atomic E-state index is 13.6. The number of amides is 1. The number of fused-ring (bicyclic) bond motifs is 2. The molecule has 1 aliphatic carbocycles. The second-order valence-corrected chi connectivity index (χ2v) is 10.1. The van der Waals surface area contributed by atoms with E-state index < -0.39 is 5.97 Å². The maximum atomic E-state index is 13.6. The molecule has 1 saturated carbocycles. The minimum Gasteiger partial charge on any atom is -0.493 e. The number of carbonyl (C=O) groups is 2. The summed E-state index contributed by atoms with van der Waals surface area (Å²) in [6.07, 6.45) is 1.74. The Bertz CT molecular complexity index is 1400. The van der Waals surface area contributed by atoms with Gasteiger partial charge in [-0.05, 0) is 54.5 Å². The third-order valence-electron chi connectivity index (χ3n) is 7.85. The zero-order valence-corrected chi connectivity index (χ0v) is 21.3. The van der Waals surface area contributed by atoms with Crippen molar-refractivity contribution in [3.05, 3.63) is 89.0 Å². The van der Waals surface area contributed by atoms with Crippen LogP contribution in [0.25, 0.3) is 0 Å². The first-order chi connectivity index (χ1) is 18.4. The van der Waals surface area contributed by atoms with E-state index in [1.807, 2.05) is 48.5 Å². The van der Waals surface area contributed by atoms with Crippen LogP contribution in [0.3, 0.4) is 0 Å². The number of nitriles is 1. The lowest BCUT2D eigenvalue weighted by molar-refractivity contribution is -0.137. The summed E-state index contributed by atoms with van der Waals surface area (Å²) in [6.45, 7) is 3.08. The number of hydrogen-bond acceptors (Lipinski definition) is 5. The topological polar surface area (TPSA) is 109 Å². The molecule has 0 saturated heterocycles. The summed E-state index contributed by atoms with van der Waals surface area (Å²) in [5.74, 6) is 0.409. The van der Waals surface area contributed by atoms with Crippen molar-refractivity contribution in [1.82, 2.24) is 0 Å². The van der Waals surface area contributed by atoms with Gasteiger partial charge in [0, 0.05) is 29.2 Å². The fourth-order valence-corrected chi connectivity index (χ4v) is 5.81. The molecule has 1 amide bonds. The highest BCUT2D eigenvalue weighted by molar-refractivity contribution is 5.97. The lowest BCUT2D eigenvalue weighted by Crippen LogP contribution is -2.27.